The van der Waals surface area contributed by atoms with Gasteiger partial charge in [0.25, 0.3) is 0 Å². The summed E-state index contributed by atoms with van der Waals surface area (Å²) in [6, 6.07) is 0.920. The molecule has 2 fully saturated rings. The summed E-state index contributed by atoms with van der Waals surface area (Å²) in [6.45, 7) is 2.53. The second-order valence-electron chi connectivity index (χ2n) is 7.57. The molecule has 2 aromatic rings. The smallest absolute Gasteiger partial charge is 0.240 e. The molecule has 0 saturated carbocycles. The number of likely N-dealkylation sites (tertiary alicyclic amines) is 1. The largest absolute Gasteiger partial charge is 0.391 e. The summed E-state index contributed by atoms with van der Waals surface area (Å²) in [5, 5.41) is 26.7. The average Bonchev–Trinajstić information content (AvgIpc) is 3.26. The zero-order valence-electron chi connectivity index (χ0n) is 15.9. The van der Waals surface area contributed by atoms with Gasteiger partial charge in [0.05, 0.1) is 23.8 Å². The molecule has 4 heterocycles. The van der Waals surface area contributed by atoms with Crippen molar-refractivity contribution in [2.24, 2.45) is 0 Å². The minimum Gasteiger partial charge on any atom is -0.391 e. The molecule has 0 aromatic carbocycles. The molecule has 0 bridgehead atoms. The predicted octanol–water partition coefficient (Wildman–Crippen LogP) is -0.585. The van der Waals surface area contributed by atoms with Crippen LogP contribution in [0.5, 0.6) is 0 Å². The molecule has 152 valence electrons. The molecular weight excluding hydrogens is 364 g/mol. The molecule has 2 aliphatic heterocycles. The van der Waals surface area contributed by atoms with Gasteiger partial charge in [0, 0.05) is 19.2 Å². The number of amides is 1. The first-order chi connectivity index (χ1) is 13.4. The Labute approximate surface area is 162 Å². The molecule has 10 heteroatoms. The Morgan fingerprint density at radius 1 is 1.36 bits per heavy atom. The van der Waals surface area contributed by atoms with E-state index in [2.05, 4.69) is 25.6 Å². The number of carbonyl (C=O) groups is 1. The minimum atomic E-state index is -0.840. The van der Waals surface area contributed by atoms with Crippen LogP contribution < -0.4 is 10.6 Å². The van der Waals surface area contributed by atoms with Crippen molar-refractivity contribution < 1.29 is 19.7 Å². The third kappa shape index (κ3) is 3.55. The molecule has 0 aliphatic carbocycles. The maximum atomic E-state index is 12.6. The zero-order valence-corrected chi connectivity index (χ0v) is 15.9. The van der Waals surface area contributed by atoms with E-state index in [9.17, 15) is 15.0 Å². The number of rotatable bonds is 4. The van der Waals surface area contributed by atoms with Crippen LogP contribution in [0.25, 0.3) is 11.0 Å². The van der Waals surface area contributed by atoms with Crippen LogP contribution in [-0.4, -0.2) is 86.2 Å². The molecule has 10 nitrogen and oxygen atoms in total. The third-order valence-corrected chi connectivity index (χ3v) is 5.61. The summed E-state index contributed by atoms with van der Waals surface area (Å²) in [6.07, 6.45) is 1.62. The second kappa shape index (κ2) is 7.63. The number of ether oxygens (including phenoxy) is 1. The van der Waals surface area contributed by atoms with E-state index in [0.717, 1.165) is 11.0 Å². The highest BCUT2D eigenvalue weighted by Gasteiger charge is 2.40. The number of aromatic amines is 1. The van der Waals surface area contributed by atoms with Crippen molar-refractivity contribution >= 4 is 22.8 Å². The number of anilines is 1. The number of nitrogens with zero attached hydrogens (tertiary/aromatic N) is 3. The Bertz CT molecular complexity index is 834. The zero-order chi connectivity index (χ0) is 19.8. The number of nitrogens with one attached hydrogen (secondary N) is 3. The summed E-state index contributed by atoms with van der Waals surface area (Å²) in [4.78, 5) is 25.9. The molecule has 2 aliphatic rings. The summed E-state index contributed by atoms with van der Waals surface area (Å²) in [7, 11) is 1.82. The fraction of sp³-hybridized carbons (Fsp3) is 0.611. The van der Waals surface area contributed by atoms with E-state index < -0.39 is 24.5 Å². The number of likely N-dealkylation sites (N-methyl/N-ethyl adjacent to an activating group) is 1. The molecular formula is C18H26N6O4. The van der Waals surface area contributed by atoms with Crippen molar-refractivity contribution in [1.29, 1.82) is 0 Å². The van der Waals surface area contributed by atoms with Gasteiger partial charge in [-0.25, -0.2) is 9.97 Å². The van der Waals surface area contributed by atoms with Crippen LogP contribution in [0.4, 0.5) is 5.82 Å². The number of hydrogen-bond acceptors (Lipinski definition) is 8. The molecule has 2 aromatic heterocycles. The number of aromatic nitrogens is 3. The van der Waals surface area contributed by atoms with Crippen LogP contribution in [0.15, 0.2) is 18.6 Å². The lowest BCUT2D eigenvalue weighted by molar-refractivity contribution is -0.137. The molecule has 4 rings (SSSR count). The third-order valence-electron chi connectivity index (χ3n) is 5.61. The van der Waals surface area contributed by atoms with Gasteiger partial charge in [-0.2, -0.15) is 0 Å². The normalized spacial score (nSPS) is 33.9. The molecule has 2 saturated heterocycles. The van der Waals surface area contributed by atoms with Gasteiger partial charge in [-0.3, -0.25) is 9.69 Å². The van der Waals surface area contributed by atoms with E-state index in [1.54, 1.807) is 6.20 Å². The van der Waals surface area contributed by atoms with Crippen LogP contribution in [0.1, 0.15) is 19.8 Å². The molecule has 5 N–H and O–H groups in total. The highest BCUT2D eigenvalue weighted by atomic mass is 16.5. The quantitative estimate of drug-likeness (QED) is 0.468. The Balaban J connectivity index is 1.40. The Hall–Kier alpha value is -2.27. The fourth-order valence-corrected chi connectivity index (χ4v) is 3.98. The van der Waals surface area contributed by atoms with Gasteiger partial charge in [0.15, 0.2) is 12.0 Å². The molecule has 0 spiro atoms. The van der Waals surface area contributed by atoms with Crippen molar-refractivity contribution in [3.63, 3.8) is 0 Å². The lowest BCUT2D eigenvalue weighted by Crippen LogP contribution is -2.58. The molecule has 0 radical (unpaired) electrons. The van der Waals surface area contributed by atoms with Gasteiger partial charge in [-0.15, -0.1) is 0 Å². The van der Waals surface area contributed by atoms with Crippen molar-refractivity contribution in [2.75, 3.05) is 18.9 Å². The van der Waals surface area contributed by atoms with E-state index in [1.807, 2.05) is 24.9 Å². The highest BCUT2D eigenvalue weighted by Crippen LogP contribution is 2.25. The summed E-state index contributed by atoms with van der Waals surface area (Å²) < 4.78 is 5.93. The first kappa shape index (κ1) is 19.1. The van der Waals surface area contributed by atoms with Crippen LogP contribution >= 0.6 is 0 Å². The second-order valence-corrected chi connectivity index (χ2v) is 7.57. The maximum Gasteiger partial charge on any atom is 0.240 e. The van der Waals surface area contributed by atoms with E-state index in [0.29, 0.717) is 25.2 Å². The lowest BCUT2D eigenvalue weighted by atomic mass is 9.98. The summed E-state index contributed by atoms with van der Waals surface area (Å²) >= 11 is 0. The lowest BCUT2D eigenvalue weighted by Gasteiger charge is -2.39. The van der Waals surface area contributed by atoms with Gasteiger partial charge in [-0.05, 0) is 26.5 Å². The Morgan fingerprint density at radius 3 is 2.93 bits per heavy atom. The molecule has 28 heavy (non-hydrogen) atoms. The number of aliphatic hydroxyl groups is 2. The van der Waals surface area contributed by atoms with E-state index in [-0.39, 0.29) is 18.1 Å². The first-order valence-electron chi connectivity index (χ1n) is 9.51. The van der Waals surface area contributed by atoms with Crippen LogP contribution in [0.3, 0.4) is 0 Å². The minimum absolute atomic E-state index is 0.240. The molecule has 6 atom stereocenters. The van der Waals surface area contributed by atoms with Gasteiger partial charge >= 0.3 is 0 Å². The Kier molecular flexibility index (Phi) is 5.19. The number of hydrogen-bond donors (Lipinski definition) is 5. The van der Waals surface area contributed by atoms with Gasteiger partial charge < -0.3 is 30.6 Å². The molecule has 0 unspecified atom stereocenters. The summed E-state index contributed by atoms with van der Waals surface area (Å²) in [5.41, 5.74) is 1.50. The topological polar surface area (TPSA) is 136 Å². The fourth-order valence-electron chi connectivity index (χ4n) is 3.98. The van der Waals surface area contributed by atoms with Crippen molar-refractivity contribution in [1.82, 2.24) is 25.2 Å². The standard InChI is InChI=1S/C18H26N6O4/c1-9-11(22-17(27)15-12(25)4-6-24(15)2)7-13(26)18(28-9)23-16-14-10(3-5-19-14)20-8-21-16/h3,5,8-9,11-13,15,18-19,25-26H,4,6-7H2,1-2H3,(H,22,27)(H,20,21,23)/t9-,11+,12-,13-,15+,18-/m0/s1. The summed E-state index contributed by atoms with van der Waals surface area (Å²) in [5.74, 6) is 0.305. The van der Waals surface area contributed by atoms with Gasteiger partial charge in [-0.1, -0.05) is 0 Å². The van der Waals surface area contributed by atoms with Crippen molar-refractivity contribution in [3.8, 4) is 0 Å². The van der Waals surface area contributed by atoms with Gasteiger partial charge in [0.1, 0.15) is 24.0 Å². The van der Waals surface area contributed by atoms with Crippen molar-refractivity contribution in [3.05, 3.63) is 18.6 Å². The Morgan fingerprint density at radius 2 is 2.18 bits per heavy atom. The van der Waals surface area contributed by atoms with Crippen molar-refractivity contribution in [2.45, 2.75) is 56.4 Å². The van der Waals surface area contributed by atoms with E-state index in [4.69, 9.17) is 4.74 Å². The molecule has 1 amide bonds. The number of fused-ring (bicyclic) bond motifs is 1. The van der Waals surface area contributed by atoms with Crippen LogP contribution in [0, 0.1) is 0 Å². The first-order valence-corrected chi connectivity index (χ1v) is 9.51. The highest BCUT2D eigenvalue weighted by molar-refractivity contribution is 5.85. The number of aliphatic hydroxyl groups excluding tert-OH is 2. The van der Waals surface area contributed by atoms with E-state index >= 15 is 0 Å². The average molecular weight is 390 g/mol. The van der Waals surface area contributed by atoms with E-state index in [1.165, 1.54) is 6.33 Å². The van der Waals surface area contributed by atoms with Crippen LogP contribution in [-0.2, 0) is 9.53 Å². The van der Waals surface area contributed by atoms with Gasteiger partial charge in [0.2, 0.25) is 5.91 Å². The predicted molar refractivity (Wildman–Crippen MR) is 101 cm³/mol. The SMILES string of the molecule is C[C@@H]1O[C@H](Nc2ncnc3cc[nH]c23)[C@@H](O)C[C@H]1NC(=O)[C@H]1[C@@H](O)CCN1C. The monoisotopic (exact) mass is 390 g/mol. The maximum absolute atomic E-state index is 12.6. The number of H-pyrrole nitrogens is 1. The number of carbonyl (C=O) groups excluding carboxylic acids is 1. The van der Waals surface area contributed by atoms with Crippen LogP contribution in [0.2, 0.25) is 0 Å².